The molecule has 1 aliphatic rings. The predicted molar refractivity (Wildman–Crippen MR) is 166 cm³/mol. The maximum atomic E-state index is 14.2. The zero-order chi connectivity index (χ0) is 29.6. The van der Waals surface area contributed by atoms with Gasteiger partial charge in [0.1, 0.15) is 12.6 Å². The molecule has 0 spiro atoms. The summed E-state index contributed by atoms with van der Waals surface area (Å²) in [5.74, 6) is -0.746. The molecule has 1 atom stereocenters. The average molecular weight is 661 g/mol. The minimum atomic E-state index is -4.13. The molecule has 0 aromatic heterocycles. The normalized spacial score (nSPS) is 14.4. The van der Waals surface area contributed by atoms with Gasteiger partial charge in [0, 0.05) is 22.1 Å². The molecule has 3 aromatic carbocycles. The van der Waals surface area contributed by atoms with Gasteiger partial charge in [0.25, 0.3) is 10.0 Å². The number of benzene rings is 3. The molecule has 3 aromatic rings. The number of anilines is 1. The van der Waals surface area contributed by atoms with Crippen LogP contribution in [0.5, 0.6) is 0 Å². The third-order valence-corrected chi connectivity index (χ3v) is 10.0. The van der Waals surface area contributed by atoms with Crippen molar-refractivity contribution in [2.45, 2.75) is 69.5 Å². The number of carbonyl (C=O) groups is 2. The van der Waals surface area contributed by atoms with Gasteiger partial charge in [-0.25, -0.2) is 8.42 Å². The smallest absolute Gasteiger partial charge is 0.264 e. The molecular formula is C31H35BrClN3O4S. The highest BCUT2D eigenvalue weighted by molar-refractivity contribution is 9.10. The summed E-state index contributed by atoms with van der Waals surface area (Å²) < 4.78 is 29.7. The number of hydrogen-bond donors (Lipinski definition) is 1. The second kappa shape index (κ2) is 13.9. The number of halogens is 2. The number of nitrogens with zero attached hydrogens (tertiary/aromatic N) is 2. The van der Waals surface area contributed by atoms with Crippen molar-refractivity contribution in [2.24, 2.45) is 0 Å². The monoisotopic (exact) mass is 659 g/mol. The quantitative estimate of drug-likeness (QED) is 0.255. The zero-order valence-electron chi connectivity index (χ0n) is 23.2. The number of hydrogen-bond acceptors (Lipinski definition) is 4. The fraction of sp³-hybridized carbons (Fsp3) is 0.355. The molecule has 1 aliphatic carbocycles. The summed E-state index contributed by atoms with van der Waals surface area (Å²) in [6, 6.07) is 19.7. The number of nitrogens with one attached hydrogen (secondary N) is 1. The largest absolute Gasteiger partial charge is 0.352 e. The summed E-state index contributed by atoms with van der Waals surface area (Å²) in [6.07, 6.45) is 4.29. The SMILES string of the molecule is CC[C@@H](C(=O)NC1CCCC1)N(Cc1ccccc1Cl)C(=O)CN(c1cccc(Br)c1)S(=O)(=O)c1ccc(C)cc1. The lowest BCUT2D eigenvalue weighted by Gasteiger charge is -2.34. The highest BCUT2D eigenvalue weighted by Gasteiger charge is 2.34. The average Bonchev–Trinajstić information content (AvgIpc) is 3.45. The molecule has 0 bridgehead atoms. The van der Waals surface area contributed by atoms with Crippen LogP contribution in [0.1, 0.15) is 50.2 Å². The molecule has 7 nitrogen and oxygen atoms in total. The molecule has 0 radical (unpaired) electrons. The van der Waals surface area contributed by atoms with Crippen LogP contribution in [0.25, 0.3) is 0 Å². The van der Waals surface area contributed by atoms with Gasteiger partial charge in [0.15, 0.2) is 0 Å². The number of amides is 2. The van der Waals surface area contributed by atoms with E-state index >= 15 is 0 Å². The second-order valence-electron chi connectivity index (χ2n) is 10.3. The van der Waals surface area contributed by atoms with E-state index in [-0.39, 0.29) is 23.4 Å². The minimum absolute atomic E-state index is 0.0615. The van der Waals surface area contributed by atoms with Crippen molar-refractivity contribution in [2.75, 3.05) is 10.8 Å². The van der Waals surface area contributed by atoms with Crippen LogP contribution in [0.2, 0.25) is 5.02 Å². The highest BCUT2D eigenvalue weighted by atomic mass is 79.9. The maximum Gasteiger partial charge on any atom is 0.264 e. The first kappa shape index (κ1) is 31.1. The van der Waals surface area contributed by atoms with Crippen molar-refractivity contribution in [3.63, 3.8) is 0 Å². The molecule has 4 rings (SSSR count). The zero-order valence-corrected chi connectivity index (χ0v) is 26.4. The van der Waals surface area contributed by atoms with Gasteiger partial charge in [0.2, 0.25) is 11.8 Å². The molecule has 41 heavy (non-hydrogen) atoms. The number of sulfonamides is 1. The Morgan fingerprint density at radius 3 is 2.34 bits per heavy atom. The third kappa shape index (κ3) is 7.70. The first-order chi connectivity index (χ1) is 19.6. The predicted octanol–water partition coefficient (Wildman–Crippen LogP) is 6.47. The van der Waals surface area contributed by atoms with E-state index in [2.05, 4.69) is 21.2 Å². The molecule has 218 valence electrons. The van der Waals surface area contributed by atoms with E-state index in [1.165, 1.54) is 17.0 Å². The van der Waals surface area contributed by atoms with E-state index in [1.807, 2.05) is 19.9 Å². The van der Waals surface area contributed by atoms with Crippen LogP contribution in [-0.4, -0.2) is 43.8 Å². The summed E-state index contributed by atoms with van der Waals surface area (Å²) in [5.41, 5.74) is 1.92. The third-order valence-electron chi connectivity index (χ3n) is 7.37. The van der Waals surface area contributed by atoms with E-state index in [1.54, 1.807) is 54.6 Å². The molecule has 0 saturated heterocycles. The van der Waals surface area contributed by atoms with Gasteiger partial charge in [-0.3, -0.25) is 13.9 Å². The van der Waals surface area contributed by atoms with Gasteiger partial charge >= 0.3 is 0 Å². The Morgan fingerprint density at radius 2 is 1.71 bits per heavy atom. The molecule has 1 saturated carbocycles. The molecule has 1 N–H and O–H groups in total. The fourth-order valence-corrected chi connectivity index (χ4v) is 7.08. The summed E-state index contributed by atoms with van der Waals surface area (Å²) >= 11 is 9.89. The van der Waals surface area contributed by atoms with Crippen LogP contribution >= 0.6 is 27.5 Å². The van der Waals surface area contributed by atoms with E-state index in [9.17, 15) is 18.0 Å². The Morgan fingerprint density at radius 1 is 1.02 bits per heavy atom. The van der Waals surface area contributed by atoms with Crippen LogP contribution in [0, 0.1) is 6.92 Å². The molecule has 0 unspecified atom stereocenters. The summed E-state index contributed by atoms with van der Waals surface area (Å²) in [4.78, 5) is 29.2. The Kier molecular flexibility index (Phi) is 10.5. The highest BCUT2D eigenvalue weighted by Crippen LogP contribution is 2.28. The van der Waals surface area contributed by atoms with Crippen LogP contribution in [0.3, 0.4) is 0 Å². The van der Waals surface area contributed by atoms with E-state index < -0.39 is 28.5 Å². The van der Waals surface area contributed by atoms with E-state index in [4.69, 9.17) is 11.6 Å². The molecule has 10 heteroatoms. The Labute approximate surface area is 256 Å². The van der Waals surface area contributed by atoms with Crippen LogP contribution in [-0.2, 0) is 26.2 Å². The van der Waals surface area contributed by atoms with Crippen molar-refractivity contribution in [3.05, 3.63) is 93.4 Å². The first-order valence-corrected chi connectivity index (χ1v) is 16.4. The summed E-state index contributed by atoms with van der Waals surface area (Å²) in [5, 5.41) is 3.58. The fourth-order valence-electron chi connectivity index (χ4n) is 5.09. The lowest BCUT2D eigenvalue weighted by molar-refractivity contribution is -0.140. The molecule has 2 amide bonds. The van der Waals surface area contributed by atoms with E-state index in [0.717, 1.165) is 35.6 Å². The molecule has 1 fully saturated rings. The Bertz CT molecular complexity index is 1480. The van der Waals surface area contributed by atoms with Crippen molar-refractivity contribution in [3.8, 4) is 0 Å². The maximum absolute atomic E-state index is 14.2. The number of aryl methyl sites for hydroxylation is 1. The molecule has 0 heterocycles. The topological polar surface area (TPSA) is 86.8 Å². The van der Waals surface area contributed by atoms with Crippen LogP contribution < -0.4 is 9.62 Å². The Hall–Kier alpha value is -2.88. The van der Waals surface area contributed by atoms with Crippen molar-refractivity contribution < 1.29 is 18.0 Å². The lowest BCUT2D eigenvalue weighted by Crippen LogP contribution is -2.53. The molecular weight excluding hydrogens is 626 g/mol. The number of carbonyl (C=O) groups excluding carboxylic acids is 2. The van der Waals surface area contributed by atoms with Crippen molar-refractivity contribution in [1.29, 1.82) is 0 Å². The van der Waals surface area contributed by atoms with Gasteiger partial charge in [-0.15, -0.1) is 0 Å². The standard InChI is InChI=1S/C31H35BrClN3O4S/c1-3-29(31(38)34-25-11-5-6-12-25)35(20-23-9-4-7-14-28(23)33)30(37)21-36(26-13-8-10-24(32)19-26)41(39,40)27-17-15-22(2)16-18-27/h4,7-10,13-19,25,29H,3,5-6,11-12,20-21H2,1-2H3,(H,34,38)/t29-/m0/s1. The van der Waals surface area contributed by atoms with Gasteiger partial charge in [0.05, 0.1) is 10.6 Å². The Balaban J connectivity index is 1.72. The summed E-state index contributed by atoms with van der Waals surface area (Å²) in [6.45, 7) is 3.29. The van der Waals surface area contributed by atoms with Gasteiger partial charge < -0.3 is 10.2 Å². The molecule has 0 aliphatic heterocycles. The van der Waals surface area contributed by atoms with Crippen molar-refractivity contribution in [1.82, 2.24) is 10.2 Å². The van der Waals surface area contributed by atoms with Crippen LogP contribution in [0.15, 0.2) is 82.2 Å². The van der Waals surface area contributed by atoms with Crippen LogP contribution in [0.4, 0.5) is 5.69 Å². The summed E-state index contributed by atoms with van der Waals surface area (Å²) in [7, 11) is -4.13. The van der Waals surface area contributed by atoms with E-state index in [0.29, 0.717) is 27.2 Å². The van der Waals surface area contributed by atoms with Gasteiger partial charge in [-0.2, -0.15) is 0 Å². The second-order valence-corrected chi connectivity index (χ2v) is 13.5. The lowest BCUT2D eigenvalue weighted by atomic mass is 10.1. The van der Waals surface area contributed by atoms with Gasteiger partial charge in [-0.05, 0) is 68.1 Å². The number of rotatable bonds is 11. The minimum Gasteiger partial charge on any atom is -0.352 e. The van der Waals surface area contributed by atoms with Gasteiger partial charge in [-0.1, -0.05) is 89.3 Å². The first-order valence-electron chi connectivity index (χ1n) is 13.8. The van der Waals surface area contributed by atoms with Crippen molar-refractivity contribution >= 4 is 55.1 Å².